The Morgan fingerprint density at radius 1 is 1.20 bits per heavy atom. The zero-order valence-electron chi connectivity index (χ0n) is 11.7. The zero-order valence-corrected chi connectivity index (χ0v) is 14.0. The van der Waals surface area contributed by atoms with E-state index in [0.717, 1.165) is 19.4 Å². The summed E-state index contributed by atoms with van der Waals surface area (Å²) in [6, 6.07) is 3.06. The molecule has 0 unspecified atom stereocenters. The van der Waals surface area contributed by atoms with Gasteiger partial charge in [-0.25, -0.2) is 13.1 Å². The quantitative estimate of drug-likeness (QED) is 0.715. The van der Waals surface area contributed by atoms with Crippen LogP contribution < -0.4 is 10.0 Å². The summed E-state index contributed by atoms with van der Waals surface area (Å²) in [6.07, 6.45) is 1.69. The molecule has 0 radical (unpaired) electrons. The predicted octanol–water partition coefficient (Wildman–Crippen LogP) is 3.18. The minimum atomic E-state index is -3.63. The Morgan fingerprint density at radius 2 is 1.90 bits per heavy atom. The summed E-state index contributed by atoms with van der Waals surface area (Å²) in [5.74, 6) is 0. The van der Waals surface area contributed by atoms with E-state index in [1.165, 1.54) is 6.07 Å². The standard InChI is InChI=1S/C13H20Cl2N2O2S/c1-3-5-6-17-20(18,19)12-8-11(14)7-10(13(12)15)9-16-4-2/h7-8,16-17H,3-6,9H2,1-2H3. The maximum Gasteiger partial charge on any atom is 0.242 e. The van der Waals surface area contributed by atoms with Gasteiger partial charge in [-0.05, 0) is 30.7 Å². The van der Waals surface area contributed by atoms with Gasteiger partial charge in [0, 0.05) is 18.1 Å². The lowest BCUT2D eigenvalue weighted by atomic mass is 10.2. The van der Waals surface area contributed by atoms with E-state index < -0.39 is 10.0 Å². The first-order valence-electron chi connectivity index (χ1n) is 6.60. The minimum absolute atomic E-state index is 0.0377. The summed E-state index contributed by atoms with van der Waals surface area (Å²) in [5, 5.41) is 3.69. The molecule has 114 valence electrons. The minimum Gasteiger partial charge on any atom is -0.313 e. The molecule has 1 aromatic carbocycles. The van der Waals surface area contributed by atoms with Crippen LogP contribution in [0.1, 0.15) is 32.3 Å². The van der Waals surface area contributed by atoms with Crippen molar-refractivity contribution in [3.63, 3.8) is 0 Å². The number of benzene rings is 1. The molecule has 1 rings (SSSR count). The Labute approximate surface area is 130 Å². The topological polar surface area (TPSA) is 58.2 Å². The monoisotopic (exact) mass is 338 g/mol. The second kappa shape index (κ2) is 8.20. The molecule has 0 atom stereocenters. The van der Waals surface area contributed by atoms with Gasteiger partial charge in [-0.1, -0.05) is 43.5 Å². The largest absolute Gasteiger partial charge is 0.313 e. The van der Waals surface area contributed by atoms with Crippen LogP contribution in [-0.4, -0.2) is 21.5 Å². The van der Waals surface area contributed by atoms with Crippen LogP contribution >= 0.6 is 23.2 Å². The van der Waals surface area contributed by atoms with Crippen molar-refractivity contribution in [2.75, 3.05) is 13.1 Å². The Balaban J connectivity index is 3.07. The van der Waals surface area contributed by atoms with Gasteiger partial charge in [-0.2, -0.15) is 0 Å². The van der Waals surface area contributed by atoms with E-state index in [1.807, 2.05) is 13.8 Å². The predicted molar refractivity (Wildman–Crippen MR) is 83.9 cm³/mol. The zero-order chi connectivity index (χ0) is 15.2. The number of nitrogens with one attached hydrogen (secondary N) is 2. The summed E-state index contributed by atoms with van der Waals surface area (Å²) in [6.45, 7) is 5.59. The van der Waals surface area contributed by atoms with E-state index >= 15 is 0 Å². The third-order valence-corrected chi connectivity index (χ3v) is 5.02. The summed E-state index contributed by atoms with van der Waals surface area (Å²) < 4.78 is 27.0. The molecule has 0 fully saturated rings. The molecule has 0 saturated heterocycles. The molecular weight excluding hydrogens is 319 g/mol. The number of unbranched alkanes of at least 4 members (excludes halogenated alkanes) is 1. The Bertz CT molecular complexity index is 548. The maximum atomic E-state index is 12.2. The van der Waals surface area contributed by atoms with E-state index in [2.05, 4.69) is 10.0 Å². The first-order valence-corrected chi connectivity index (χ1v) is 8.84. The van der Waals surface area contributed by atoms with Gasteiger partial charge in [0.15, 0.2) is 0 Å². The Kier molecular flexibility index (Phi) is 7.26. The van der Waals surface area contributed by atoms with Crippen molar-refractivity contribution in [1.82, 2.24) is 10.0 Å². The van der Waals surface area contributed by atoms with Crippen molar-refractivity contribution >= 4 is 33.2 Å². The highest BCUT2D eigenvalue weighted by atomic mass is 35.5. The number of sulfonamides is 1. The van der Waals surface area contributed by atoms with Crippen molar-refractivity contribution in [3.8, 4) is 0 Å². The van der Waals surface area contributed by atoms with Gasteiger partial charge >= 0.3 is 0 Å². The molecule has 0 aliphatic rings. The van der Waals surface area contributed by atoms with Crippen LogP contribution in [0.25, 0.3) is 0 Å². The first kappa shape index (κ1) is 17.7. The van der Waals surface area contributed by atoms with Crippen LogP contribution in [0.5, 0.6) is 0 Å². The SMILES string of the molecule is CCCCNS(=O)(=O)c1cc(Cl)cc(CNCC)c1Cl. The molecule has 0 aromatic heterocycles. The van der Waals surface area contributed by atoms with E-state index in [4.69, 9.17) is 23.2 Å². The normalized spacial score (nSPS) is 11.8. The van der Waals surface area contributed by atoms with Crippen LogP contribution in [0.4, 0.5) is 0 Å². The van der Waals surface area contributed by atoms with Crippen LogP contribution in [0, 0.1) is 0 Å². The number of halogens is 2. The summed E-state index contributed by atoms with van der Waals surface area (Å²) in [4.78, 5) is 0.0377. The fourth-order valence-electron chi connectivity index (χ4n) is 1.66. The fourth-order valence-corrected chi connectivity index (χ4v) is 3.67. The molecule has 4 nitrogen and oxygen atoms in total. The van der Waals surface area contributed by atoms with E-state index in [9.17, 15) is 8.42 Å². The van der Waals surface area contributed by atoms with E-state index in [-0.39, 0.29) is 9.92 Å². The molecule has 7 heteroatoms. The average Bonchev–Trinajstić information content (AvgIpc) is 2.39. The molecule has 0 aliphatic heterocycles. The number of rotatable bonds is 8. The molecule has 20 heavy (non-hydrogen) atoms. The highest BCUT2D eigenvalue weighted by Crippen LogP contribution is 2.29. The van der Waals surface area contributed by atoms with Crippen molar-refractivity contribution in [3.05, 3.63) is 27.7 Å². The molecule has 0 saturated carbocycles. The van der Waals surface area contributed by atoms with E-state index in [1.54, 1.807) is 6.07 Å². The lowest BCUT2D eigenvalue weighted by Crippen LogP contribution is -2.25. The molecule has 0 amide bonds. The van der Waals surface area contributed by atoms with Gasteiger partial charge < -0.3 is 5.32 Å². The lowest BCUT2D eigenvalue weighted by molar-refractivity contribution is 0.578. The van der Waals surface area contributed by atoms with Crippen molar-refractivity contribution in [1.29, 1.82) is 0 Å². The van der Waals surface area contributed by atoms with Gasteiger partial charge in [0.25, 0.3) is 0 Å². The van der Waals surface area contributed by atoms with Crippen molar-refractivity contribution in [2.24, 2.45) is 0 Å². The van der Waals surface area contributed by atoms with E-state index in [0.29, 0.717) is 23.7 Å². The van der Waals surface area contributed by atoms with Crippen molar-refractivity contribution < 1.29 is 8.42 Å². The number of hydrogen-bond acceptors (Lipinski definition) is 3. The number of hydrogen-bond donors (Lipinski definition) is 2. The summed E-state index contributed by atoms with van der Waals surface area (Å²) >= 11 is 12.2. The molecule has 1 aromatic rings. The van der Waals surface area contributed by atoms with Crippen LogP contribution in [-0.2, 0) is 16.6 Å². The summed E-state index contributed by atoms with van der Waals surface area (Å²) in [5.41, 5.74) is 0.678. The van der Waals surface area contributed by atoms with Crippen LogP contribution in [0.3, 0.4) is 0 Å². The van der Waals surface area contributed by atoms with Gasteiger partial charge in [-0.15, -0.1) is 0 Å². The molecule has 2 N–H and O–H groups in total. The smallest absolute Gasteiger partial charge is 0.242 e. The molecule has 0 aliphatic carbocycles. The average molecular weight is 339 g/mol. The Morgan fingerprint density at radius 3 is 2.50 bits per heavy atom. The second-order valence-corrected chi connectivity index (χ2v) is 6.96. The second-order valence-electron chi connectivity index (χ2n) is 4.41. The summed E-state index contributed by atoms with van der Waals surface area (Å²) in [7, 11) is -3.63. The maximum absolute atomic E-state index is 12.2. The third-order valence-electron chi connectivity index (χ3n) is 2.76. The van der Waals surface area contributed by atoms with Gasteiger partial charge in [0.1, 0.15) is 4.90 Å². The first-order chi connectivity index (χ1) is 9.42. The lowest BCUT2D eigenvalue weighted by Gasteiger charge is -2.12. The van der Waals surface area contributed by atoms with Crippen molar-refractivity contribution in [2.45, 2.75) is 38.1 Å². The fraction of sp³-hybridized carbons (Fsp3) is 0.538. The molecule has 0 spiro atoms. The van der Waals surface area contributed by atoms with Gasteiger partial charge in [0.05, 0.1) is 5.02 Å². The Hall–Kier alpha value is -0.330. The van der Waals surface area contributed by atoms with Gasteiger partial charge in [-0.3, -0.25) is 0 Å². The highest BCUT2D eigenvalue weighted by molar-refractivity contribution is 7.89. The third kappa shape index (κ3) is 4.90. The highest BCUT2D eigenvalue weighted by Gasteiger charge is 2.20. The molecular formula is C13H20Cl2N2O2S. The van der Waals surface area contributed by atoms with Crippen LogP contribution in [0.2, 0.25) is 10.0 Å². The molecule has 0 bridgehead atoms. The van der Waals surface area contributed by atoms with Crippen LogP contribution in [0.15, 0.2) is 17.0 Å². The van der Waals surface area contributed by atoms with Gasteiger partial charge in [0.2, 0.25) is 10.0 Å². The molecule has 0 heterocycles.